The fourth-order valence-corrected chi connectivity index (χ4v) is 6.08. The van der Waals surface area contributed by atoms with Gasteiger partial charge in [0.25, 0.3) is 0 Å². The van der Waals surface area contributed by atoms with E-state index in [-0.39, 0.29) is 17.7 Å². The Kier molecular flexibility index (Phi) is 9.35. The van der Waals surface area contributed by atoms with Crippen molar-refractivity contribution in [2.45, 2.75) is 57.8 Å². The number of hydrogen-bond donors (Lipinski definition) is 1. The van der Waals surface area contributed by atoms with Gasteiger partial charge in [-0.3, -0.25) is 4.79 Å². The Morgan fingerprint density at radius 1 is 1.06 bits per heavy atom. The Hall–Kier alpha value is -1.29. The van der Waals surface area contributed by atoms with Gasteiger partial charge in [0.2, 0.25) is 5.91 Å². The van der Waals surface area contributed by atoms with Crippen molar-refractivity contribution in [3.05, 3.63) is 58.2 Å². The molecule has 0 aromatic heterocycles. The van der Waals surface area contributed by atoms with E-state index in [1.807, 2.05) is 12.2 Å². The average Bonchev–Trinajstić information content (AvgIpc) is 2.86. The van der Waals surface area contributed by atoms with E-state index < -0.39 is 0 Å². The number of amides is 1. The molecular weight excluding hydrogens is 451 g/mol. The molecule has 1 saturated heterocycles. The summed E-state index contributed by atoms with van der Waals surface area (Å²) in [5, 5.41) is 4.36. The second-order valence-corrected chi connectivity index (χ2v) is 10.8. The predicted octanol–water partition coefficient (Wildman–Crippen LogP) is 6.72. The average molecular weight is 490 g/mol. The molecule has 0 radical (unpaired) electrons. The summed E-state index contributed by atoms with van der Waals surface area (Å²) in [6.45, 7) is 3.81. The van der Waals surface area contributed by atoms with Crippen molar-refractivity contribution in [3.63, 3.8) is 0 Å². The van der Waals surface area contributed by atoms with Crippen LogP contribution in [0.1, 0.15) is 57.8 Å². The maximum atomic E-state index is 12.7. The van der Waals surface area contributed by atoms with Gasteiger partial charge in [-0.25, -0.2) is 0 Å². The monoisotopic (exact) mass is 488 g/mol. The largest absolute Gasteiger partial charge is 0.355 e. The molecule has 0 bridgehead atoms. The summed E-state index contributed by atoms with van der Waals surface area (Å²) in [6.07, 6.45) is 26.2. The van der Waals surface area contributed by atoms with Crippen LogP contribution in [0.3, 0.4) is 0 Å². The van der Waals surface area contributed by atoms with Crippen molar-refractivity contribution in [1.82, 2.24) is 10.2 Å². The Morgan fingerprint density at radius 3 is 2.61 bits per heavy atom. The van der Waals surface area contributed by atoms with Crippen molar-refractivity contribution in [3.8, 4) is 0 Å². The molecule has 5 heteroatoms. The van der Waals surface area contributed by atoms with E-state index in [0.29, 0.717) is 28.4 Å². The number of halogens is 2. The highest BCUT2D eigenvalue weighted by Gasteiger charge is 2.28. The molecule has 1 heterocycles. The Morgan fingerprint density at radius 2 is 1.91 bits per heavy atom. The van der Waals surface area contributed by atoms with Crippen LogP contribution in [0.2, 0.25) is 0 Å². The number of nitrogens with zero attached hydrogens (tertiary/aromatic N) is 1. The molecule has 1 amide bonds. The SMILES string of the molecule is O=C(NCC1C=C(Cl)C(Cl)=CC1)C1CCN(CCC(C2=CCCC=C2)C2C=CCCC2)CC1. The molecule has 0 aromatic rings. The first-order chi connectivity index (χ1) is 16.1. The van der Waals surface area contributed by atoms with Gasteiger partial charge < -0.3 is 10.2 Å². The van der Waals surface area contributed by atoms with Gasteiger partial charge in [-0.05, 0) is 101 Å². The fourth-order valence-electron chi connectivity index (χ4n) is 5.68. The Bertz CT molecular complexity index is 833. The second-order valence-electron chi connectivity index (χ2n) is 10.0. The third-order valence-corrected chi connectivity index (χ3v) is 8.51. The van der Waals surface area contributed by atoms with Gasteiger partial charge in [0.15, 0.2) is 0 Å². The van der Waals surface area contributed by atoms with Crippen molar-refractivity contribution in [2.75, 3.05) is 26.2 Å². The highest BCUT2D eigenvalue weighted by molar-refractivity contribution is 6.44. The van der Waals surface area contributed by atoms with Crippen LogP contribution < -0.4 is 5.32 Å². The zero-order valence-electron chi connectivity index (χ0n) is 19.7. The van der Waals surface area contributed by atoms with Crippen LogP contribution in [0.15, 0.2) is 58.2 Å². The van der Waals surface area contributed by atoms with Crippen LogP contribution in [0, 0.1) is 23.7 Å². The number of piperidine rings is 1. The summed E-state index contributed by atoms with van der Waals surface area (Å²) in [5.41, 5.74) is 1.56. The lowest BCUT2D eigenvalue weighted by Crippen LogP contribution is -2.42. The zero-order chi connectivity index (χ0) is 23.0. The third-order valence-electron chi connectivity index (χ3n) is 7.72. The van der Waals surface area contributed by atoms with Crippen molar-refractivity contribution in [2.24, 2.45) is 23.7 Å². The number of likely N-dealkylation sites (tertiary alicyclic amines) is 1. The lowest BCUT2D eigenvalue weighted by Gasteiger charge is -2.34. The summed E-state index contributed by atoms with van der Waals surface area (Å²) < 4.78 is 0. The normalized spacial score (nSPS) is 27.5. The molecule has 4 rings (SSSR count). The Balaban J connectivity index is 1.21. The minimum absolute atomic E-state index is 0.129. The van der Waals surface area contributed by atoms with Gasteiger partial charge in [0, 0.05) is 12.5 Å². The molecule has 180 valence electrons. The molecule has 1 aliphatic heterocycles. The van der Waals surface area contributed by atoms with Crippen LogP contribution in [0.5, 0.6) is 0 Å². The maximum absolute atomic E-state index is 12.7. The molecule has 3 aliphatic carbocycles. The quantitative estimate of drug-likeness (QED) is 0.384. The summed E-state index contributed by atoms with van der Waals surface area (Å²) in [4.78, 5) is 15.3. The molecule has 0 aromatic carbocycles. The number of carbonyl (C=O) groups excluding carboxylic acids is 1. The van der Waals surface area contributed by atoms with Gasteiger partial charge in [0.05, 0.1) is 10.1 Å². The summed E-state index contributed by atoms with van der Waals surface area (Å²) in [7, 11) is 0. The highest BCUT2D eigenvalue weighted by atomic mass is 35.5. The number of hydrogen-bond acceptors (Lipinski definition) is 2. The summed E-state index contributed by atoms with van der Waals surface area (Å²) in [5.74, 6) is 1.88. The zero-order valence-corrected chi connectivity index (χ0v) is 21.2. The van der Waals surface area contributed by atoms with E-state index in [4.69, 9.17) is 23.2 Å². The van der Waals surface area contributed by atoms with Gasteiger partial charge in [0.1, 0.15) is 0 Å². The van der Waals surface area contributed by atoms with Gasteiger partial charge in [-0.2, -0.15) is 0 Å². The minimum Gasteiger partial charge on any atom is -0.355 e. The molecule has 1 N–H and O–H groups in total. The second kappa shape index (κ2) is 12.4. The van der Waals surface area contributed by atoms with Crippen LogP contribution in [0.25, 0.3) is 0 Å². The molecule has 4 aliphatic rings. The fraction of sp³-hybridized carbons (Fsp3) is 0.607. The Labute approximate surface area is 209 Å². The smallest absolute Gasteiger partial charge is 0.223 e. The topological polar surface area (TPSA) is 32.3 Å². The number of rotatable bonds is 8. The number of allylic oxidation sites excluding steroid dienone is 9. The first kappa shape index (κ1) is 24.8. The first-order valence-electron chi connectivity index (χ1n) is 12.9. The summed E-state index contributed by atoms with van der Waals surface area (Å²) >= 11 is 12.1. The van der Waals surface area contributed by atoms with E-state index in [1.165, 1.54) is 38.5 Å². The number of carbonyl (C=O) groups is 1. The molecule has 33 heavy (non-hydrogen) atoms. The van der Waals surface area contributed by atoms with Gasteiger partial charge in [-0.15, -0.1) is 0 Å². The molecule has 0 spiro atoms. The molecule has 0 saturated carbocycles. The molecule has 3 atom stereocenters. The molecule has 1 fully saturated rings. The first-order valence-corrected chi connectivity index (χ1v) is 13.6. The molecular formula is C28H38Cl2N2O. The van der Waals surface area contributed by atoms with E-state index in [0.717, 1.165) is 38.9 Å². The van der Waals surface area contributed by atoms with Crippen molar-refractivity contribution >= 4 is 29.1 Å². The van der Waals surface area contributed by atoms with Crippen LogP contribution >= 0.6 is 23.2 Å². The van der Waals surface area contributed by atoms with Gasteiger partial charge >= 0.3 is 0 Å². The van der Waals surface area contributed by atoms with Crippen LogP contribution in [-0.4, -0.2) is 37.0 Å². The van der Waals surface area contributed by atoms with Crippen molar-refractivity contribution in [1.29, 1.82) is 0 Å². The van der Waals surface area contributed by atoms with Gasteiger partial charge in [-0.1, -0.05) is 65.7 Å². The van der Waals surface area contributed by atoms with E-state index in [1.54, 1.807) is 5.57 Å². The number of nitrogens with one attached hydrogen (secondary N) is 1. The third kappa shape index (κ3) is 7.10. The molecule has 3 unspecified atom stereocenters. The maximum Gasteiger partial charge on any atom is 0.223 e. The van der Waals surface area contributed by atoms with Crippen LogP contribution in [-0.2, 0) is 4.79 Å². The van der Waals surface area contributed by atoms with Crippen molar-refractivity contribution < 1.29 is 4.79 Å². The van der Waals surface area contributed by atoms with Crippen LogP contribution in [0.4, 0.5) is 0 Å². The van der Waals surface area contributed by atoms with E-state index >= 15 is 0 Å². The van der Waals surface area contributed by atoms with E-state index in [9.17, 15) is 4.79 Å². The molecule has 3 nitrogen and oxygen atoms in total. The predicted molar refractivity (Wildman–Crippen MR) is 139 cm³/mol. The summed E-state index contributed by atoms with van der Waals surface area (Å²) in [6, 6.07) is 0. The lowest BCUT2D eigenvalue weighted by molar-refractivity contribution is -0.126. The highest BCUT2D eigenvalue weighted by Crippen LogP contribution is 2.35. The standard InChI is InChI=1S/C28H38Cl2N2O/c29-26-12-11-21(19-27(26)30)20-31-28(33)24-13-16-32(17-14-24)18-15-25(22-7-3-1-4-8-22)23-9-5-2-6-10-23/h3,5,7-9,12,19,21,23-25H,1-2,4,6,10-11,13-18,20H2,(H,31,33). The lowest BCUT2D eigenvalue weighted by atomic mass is 9.77. The minimum atomic E-state index is 0.129. The van der Waals surface area contributed by atoms with E-state index in [2.05, 4.69) is 40.6 Å².